The maximum absolute atomic E-state index is 13.6. The predicted octanol–water partition coefficient (Wildman–Crippen LogP) is 0.251. The second kappa shape index (κ2) is 6.48. The van der Waals surface area contributed by atoms with E-state index < -0.39 is 5.82 Å². The molecule has 0 saturated carbocycles. The van der Waals surface area contributed by atoms with Gasteiger partial charge in [-0.05, 0) is 12.1 Å². The molecule has 1 rings (SSSR count). The van der Waals surface area contributed by atoms with E-state index in [1.807, 2.05) is 0 Å². The quantitative estimate of drug-likeness (QED) is 0.638. The molecule has 94 valence electrons. The fourth-order valence-electron chi connectivity index (χ4n) is 1.61. The highest BCUT2D eigenvalue weighted by Crippen LogP contribution is 2.22. The number of aliphatic hydroxyl groups is 2. The van der Waals surface area contributed by atoms with Gasteiger partial charge in [-0.1, -0.05) is 18.3 Å². The lowest BCUT2D eigenvalue weighted by Gasteiger charge is -2.25. The van der Waals surface area contributed by atoms with Crippen molar-refractivity contribution in [1.82, 2.24) is 0 Å². The van der Waals surface area contributed by atoms with Crippen molar-refractivity contribution < 1.29 is 14.6 Å². The van der Waals surface area contributed by atoms with Crippen molar-refractivity contribution >= 4 is 22.9 Å². The Kier molecular flexibility index (Phi) is 5.27. The third-order valence-electron chi connectivity index (χ3n) is 2.32. The highest BCUT2D eigenvalue weighted by Gasteiger charge is 2.16. The molecule has 0 aromatic heterocycles. The second-order valence-corrected chi connectivity index (χ2v) is 3.87. The highest BCUT2D eigenvalue weighted by atomic mass is 32.1. The van der Waals surface area contributed by atoms with Gasteiger partial charge in [-0.25, -0.2) is 4.39 Å². The topological polar surface area (TPSA) is 69.7 Å². The van der Waals surface area contributed by atoms with Crippen LogP contribution in [0.3, 0.4) is 0 Å². The van der Waals surface area contributed by atoms with Gasteiger partial charge < -0.3 is 20.8 Å². The Balaban J connectivity index is 3.17. The average molecular weight is 258 g/mol. The molecule has 0 aliphatic rings. The monoisotopic (exact) mass is 258 g/mol. The van der Waals surface area contributed by atoms with Gasteiger partial charge in [0.1, 0.15) is 10.8 Å². The molecule has 0 aliphatic heterocycles. The van der Waals surface area contributed by atoms with Crippen LogP contribution in [-0.4, -0.2) is 41.5 Å². The lowest BCUT2D eigenvalue weighted by atomic mass is 10.1. The number of hydrogen-bond acceptors (Lipinski definition) is 4. The summed E-state index contributed by atoms with van der Waals surface area (Å²) in [6.45, 7) is 0.347. The predicted molar refractivity (Wildman–Crippen MR) is 68.7 cm³/mol. The lowest BCUT2D eigenvalue weighted by molar-refractivity contribution is 0.281. The van der Waals surface area contributed by atoms with Gasteiger partial charge in [-0.3, -0.25) is 0 Å². The molecule has 0 heterocycles. The van der Waals surface area contributed by atoms with E-state index in [-0.39, 0.29) is 36.9 Å². The Morgan fingerprint density at radius 3 is 2.35 bits per heavy atom. The smallest absolute Gasteiger partial charge is 0.135 e. The number of anilines is 1. The van der Waals surface area contributed by atoms with Gasteiger partial charge in [0, 0.05) is 13.1 Å². The van der Waals surface area contributed by atoms with Gasteiger partial charge in [0.2, 0.25) is 0 Å². The molecule has 4 nitrogen and oxygen atoms in total. The van der Waals surface area contributed by atoms with E-state index in [0.29, 0.717) is 5.69 Å². The first kappa shape index (κ1) is 13.8. The van der Waals surface area contributed by atoms with Gasteiger partial charge >= 0.3 is 0 Å². The van der Waals surface area contributed by atoms with Crippen molar-refractivity contribution in [2.75, 3.05) is 31.2 Å². The van der Waals surface area contributed by atoms with Gasteiger partial charge in [-0.2, -0.15) is 0 Å². The summed E-state index contributed by atoms with van der Waals surface area (Å²) < 4.78 is 13.6. The van der Waals surface area contributed by atoms with Crippen LogP contribution in [0.4, 0.5) is 10.1 Å². The standard InChI is InChI=1S/C11H15FN2O2S/c12-8-2-1-3-9(10(8)11(13)17)14(4-6-15)5-7-16/h1-3,15-16H,4-7H2,(H2,13,17). The number of nitrogens with two attached hydrogens (primary N) is 1. The highest BCUT2D eigenvalue weighted by molar-refractivity contribution is 7.80. The third kappa shape index (κ3) is 3.36. The third-order valence-corrected chi connectivity index (χ3v) is 2.52. The number of halogens is 1. The van der Waals surface area contributed by atoms with Crippen molar-refractivity contribution in [1.29, 1.82) is 0 Å². The molecule has 0 unspecified atom stereocenters. The number of thiocarbonyl (C=S) groups is 1. The fraction of sp³-hybridized carbons (Fsp3) is 0.364. The molecule has 0 radical (unpaired) electrons. The number of rotatable bonds is 6. The molecule has 0 aliphatic carbocycles. The van der Waals surface area contributed by atoms with Gasteiger partial charge in [-0.15, -0.1) is 0 Å². The van der Waals surface area contributed by atoms with Crippen LogP contribution in [0.25, 0.3) is 0 Å². The number of benzene rings is 1. The Morgan fingerprint density at radius 1 is 1.29 bits per heavy atom. The van der Waals surface area contributed by atoms with Crippen LogP contribution in [0, 0.1) is 5.82 Å². The van der Waals surface area contributed by atoms with Crippen LogP contribution in [0.5, 0.6) is 0 Å². The van der Waals surface area contributed by atoms with E-state index in [9.17, 15) is 4.39 Å². The van der Waals surface area contributed by atoms with E-state index in [0.717, 1.165) is 0 Å². The minimum absolute atomic E-state index is 0.0426. The first-order chi connectivity index (χ1) is 8.11. The SMILES string of the molecule is NC(=S)c1c(F)cccc1N(CCO)CCO. The summed E-state index contributed by atoms with van der Waals surface area (Å²) in [6, 6.07) is 4.46. The number of aliphatic hydroxyl groups excluding tert-OH is 2. The Hall–Kier alpha value is -1.24. The first-order valence-corrected chi connectivity index (χ1v) is 5.57. The van der Waals surface area contributed by atoms with Gasteiger partial charge in [0.05, 0.1) is 24.5 Å². The van der Waals surface area contributed by atoms with Crippen molar-refractivity contribution in [2.45, 2.75) is 0 Å². The molecule has 4 N–H and O–H groups in total. The summed E-state index contributed by atoms with van der Waals surface area (Å²) in [7, 11) is 0. The minimum Gasteiger partial charge on any atom is -0.395 e. The lowest BCUT2D eigenvalue weighted by Crippen LogP contribution is -2.32. The molecular formula is C11H15FN2O2S. The molecule has 1 aromatic carbocycles. The zero-order valence-electron chi connectivity index (χ0n) is 9.27. The molecule has 0 bridgehead atoms. The molecule has 0 fully saturated rings. The molecule has 0 spiro atoms. The number of nitrogens with zero attached hydrogens (tertiary/aromatic N) is 1. The Morgan fingerprint density at radius 2 is 1.88 bits per heavy atom. The summed E-state index contributed by atoms with van der Waals surface area (Å²) in [5, 5.41) is 17.9. The number of hydrogen-bond donors (Lipinski definition) is 3. The zero-order chi connectivity index (χ0) is 12.8. The van der Waals surface area contributed by atoms with Crippen LogP contribution in [0.15, 0.2) is 18.2 Å². The van der Waals surface area contributed by atoms with E-state index >= 15 is 0 Å². The molecule has 1 aromatic rings. The van der Waals surface area contributed by atoms with Crippen molar-refractivity contribution in [3.05, 3.63) is 29.6 Å². The summed E-state index contributed by atoms with van der Waals surface area (Å²) in [6.07, 6.45) is 0. The summed E-state index contributed by atoms with van der Waals surface area (Å²) >= 11 is 4.81. The largest absolute Gasteiger partial charge is 0.395 e. The summed E-state index contributed by atoms with van der Waals surface area (Å²) in [5.74, 6) is -0.504. The summed E-state index contributed by atoms with van der Waals surface area (Å²) in [5.41, 5.74) is 6.11. The van der Waals surface area contributed by atoms with Crippen LogP contribution in [-0.2, 0) is 0 Å². The van der Waals surface area contributed by atoms with Crippen LogP contribution >= 0.6 is 12.2 Å². The van der Waals surface area contributed by atoms with Crippen LogP contribution in [0.2, 0.25) is 0 Å². The van der Waals surface area contributed by atoms with Crippen LogP contribution in [0.1, 0.15) is 5.56 Å². The summed E-state index contributed by atoms with van der Waals surface area (Å²) in [4.78, 5) is 1.59. The zero-order valence-corrected chi connectivity index (χ0v) is 10.1. The Bertz CT molecular complexity index is 395. The average Bonchev–Trinajstić information content (AvgIpc) is 2.28. The maximum Gasteiger partial charge on any atom is 0.135 e. The minimum atomic E-state index is -0.504. The molecule has 17 heavy (non-hydrogen) atoms. The fourth-order valence-corrected chi connectivity index (χ4v) is 1.82. The van der Waals surface area contributed by atoms with E-state index in [1.165, 1.54) is 12.1 Å². The molecular weight excluding hydrogens is 243 g/mol. The molecule has 0 saturated heterocycles. The van der Waals surface area contributed by atoms with Crippen LogP contribution < -0.4 is 10.6 Å². The maximum atomic E-state index is 13.6. The second-order valence-electron chi connectivity index (χ2n) is 3.43. The first-order valence-electron chi connectivity index (χ1n) is 5.16. The van der Waals surface area contributed by atoms with E-state index in [2.05, 4.69) is 0 Å². The van der Waals surface area contributed by atoms with Crippen molar-refractivity contribution in [3.63, 3.8) is 0 Å². The molecule has 0 amide bonds. The van der Waals surface area contributed by atoms with E-state index in [4.69, 9.17) is 28.2 Å². The normalized spacial score (nSPS) is 10.3. The van der Waals surface area contributed by atoms with Gasteiger partial charge in [0.15, 0.2) is 0 Å². The molecule has 0 atom stereocenters. The van der Waals surface area contributed by atoms with Crippen molar-refractivity contribution in [2.24, 2.45) is 5.73 Å². The van der Waals surface area contributed by atoms with Crippen molar-refractivity contribution in [3.8, 4) is 0 Å². The Labute approximate surface area is 104 Å². The van der Waals surface area contributed by atoms with Gasteiger partial charge in [0.25, 0.3) is 0 Å². The molecule has 6 heteroatoms. The van der Waals surface area contributed by atoms with E-state index in [1.54, 1.807) is 11.0 Å².